The van der Waals surface area contributed by atoms with Gasteiger partial charge in [0.2, 0.25) is 0 Å². The molecule has 0 aromatic heterocycles. The fraction of sp³-hybridized carbons (Fsp3) is 0. The van der Waals surface area contributed by atoms with Crippen LogP contribution in [-0.4, -0.2) is 26.7 Å². The summed E-state index contributed by atoms with van der Waals surface area (Å²) in [7, 11) is 0. The topological polar surface area (TPSA) is 98.0 Å². The van der Waals surface area contributed by atoms with Gasteiger partial charge in [0.25, 0.3) is 0 Å². The van der Waals surface area contributed by atoms with E-state index in [1.807, 2.05) is 0 Å². The summed E-state index contributed by atoms with van der Waals surface area (Å²) in [6.45, 7) is 0. The fourth-order valence-electron chi connectivity index (χ4n) is 1.08. The first kappa shape index (κ1) is 13.4. The highest BCUT2D eigenvalue weighted by molar-refractivity contribution is 5.76. The maximum Gasteiger partial charge on any atom is 0.158 e. The Balaban J connectivity index is 0.000000184. The van der Waals surface area contributed by atoms with E-state index in [0.717, 1.165) is 0 Å². The van der Waals surface area contributed by atoms with Gasteiger partial charge >= 0.3 is 0 Å². The minimum Gasteiger partial charge on any atom is -0.504 e. The number of para-hydroxylation sites is 2. The summed E-state index contributed by atoms with van der Waals surface area (Å²) in [5.41, 5.74) is 0.343. The Morgan fingerprint density at radius 3 is 1.61 bits per heavy atom. The number of rotatable bonds is 1. The van der Waals surface area contributed by atoms with Crippen molar-refractivity contribution in [3.8, 4) is 23.0 Å². The van der Waals surface area contributed by atoms with Gasteiger partial charge in [0.1, 0.15) is 6.29 Å². The zero-order valence-corrected chi connectivity index (χ0v) is 9.32. The van der Waals surface area contributed by atoms with E-state index in [4.69, 9.17) is 20.4 Å². The lowest BCUT2D eigenvalue weighted by Gasteiger charge is -1.95. The van der Waals surface area contributed by atoms with Crippen LogP contribution >= 0.6 is 0 Å². The molecule has 5 heteroatoms. The van der Waals surface area contributed by atoms with Crippen molar-refractivity contribution < 1.29 is 25.2 Å². The van der Waals surface area contributed by atoms with Gasteiger partial charge < -0.3 is 20.4 Å². The Kier molecular flexibility index (Phi) is 4.57. The second-order valence-corrected chi connectivity index (χ2v) is 3.35. The van der Waals surface area contributed by atoms with E-state index in [1.165, 1.54) is 30.3 Å². The first-order valence-corrected chi connectivity index (χ1v) is 4.98. The van der Waals surface area contributed by atoms with Gasteiger partial charge in [0.15, 0.2) is 23.0 Å². The van der Waals surface area contributed by atoms with Crippen molar-refractivity contribution in [2.75, 3.05) is 0 Å². The smallest absolute Gasteiger partial charge is 0.158 e. The first-order chi connectivity index (χ1) is 8.54. The highest BCUT2D eigenvalue weighted by Crippen LogP contribution is 2.23. The number of hydrogen-bond donors (Lipinski definition) is 4. The van der Waals surface area contributed by atoms with Gasteiger partial charge in [-0.2, -0.15) is 0 Å². The molecular formula is C13H12O5. The molecule has 0 bridgehead atoms. The maximum atomic E-state index is 10.1. The SMILES string of the molecule is O=Cc1ccc(O)c(O)c1.Oc1ccccc1O. The zero-order chi connectivity index (χ0) is 13.5. The van der Waals surface area contributed by atoms with Crippen LogP contribution in [0.4, 0.5) is 0 Å². The third kappa shape index (κ3) is 3.71. The predicted molar refractivity (Wildman–Crippen MR) is 64.9 cm³/mol. The van der Waals surface area contributed by atoms with Crippen LogP contribution in [0, 0.1) is 0 Å². The molecule has 2 rings (SSSR count). The molecule has 4 N–H and O–H groups in total. The van der Waals surface area contributed by atoms with Crippen LogP contribution in [0.25, 0.3) is 0 Å². The van der Waals surface area contributed by atoms with Gasteiger partial charge in [-0.1, -0.05) is 12.1 Å². The molecule has 0 aliphatic rings. The van der Waals surface area contributed by atoms with Crippen molar-refractivity contribution >= 4 is 6.29 Å². The molecule has 0 fully saturated rings. The molecule has 0 amide bonds. The minimum absolute atomic E-state index is 0.0764. The highest BCUT2D eigenvalue weighted by atomic mass is 16.3. The third-order valence-corrected chi connectivity index (χ3v) is 2.02. The van der Waals surface area contributed by atoms with Crippen molar-refractivity contribution in [1.82, 2.24) is 0 Å². The number of phenols is 4. The van der Waals surface area contributed by atoms with Gasteiger partial charge in [-0.3, -0.25) is 4.79 Å². The summed E-state index contributed by atoms with van der Waals surface area (Å²) in [6.07, 6.45) is 0.596. The van der Waals surface area contributed by atoms with Gasteiger partial charge in [-0.25, -0.2) is 0 Å². The average molecular weight is 248 g/mol. The molecule has 94 valence electrons. The molecule has 0 radical (unpaired) electrons. The van der Waals surface area contributed by atoms with E-state index >= 15 is 0 Å². The molecule has 18 heavy (non-hydrogen) atoms. The largest absolute Gasteiger partial charge is 0.504 e. The maximum absolute atomic E-state index is 10.1. The third-order valence-electron chi connectivity index (χ3n) is 2.02. The summed E-state index contributed by atoms with van der Waals surface area (Å²) < 4.78 is 0. The van der Waals surface area contributed by atoms with E-state index in [0.29, 0.717) is 11.8 Å². The van der Waals surface area contributed by atoms with Crippen LogP contribution in [-0.2, 0) is 0 Å². The number of aldehydes is 1. The monoisotopic (exact) mass is 248 g/mol. The molecular weight excluding hydrogens is 236 g/mol. The molecule has 0 atom stereocenters. The van der Waals surface area contributed by atoms with Crippen molar-refractivity contribution in [2.45, 2.75) is 0 Å². The Hall–Kier alpha value is -2.69. The van der Waals surface area contributed by atoms with Crippen LogP contribution < -0.4 is 0 Å². The molecule has 5 nitrogen and oxygen atoms in total. The molecule has 0 unspecified atom stereocenters. The fourth-order valence-corrected chi connectivity index (χ4v) is 1.08. The van der Waals surface area contributed by atoms with Crippen molar-refractivity contribution in [2.24, 2.45) is 0 Å². The van der Waals surface area contributed by atoms with Crippen LogP contribution in [0.2, 0.25) is 0 Å². The molecule has 2 aromatic rings. The molecule has 0 saturated carbocycles. The standard InChI is InChI=1S/C7H6O3.C6H6O2/c8-4-5-1-2-6(9)7(10)3-5;7-5-3-1-2-4-6(5)8/h1-4,9-10H;1-4,7-8H. The van der Waals surface area contributed by atoms with E-state index in [1.54, 1.807) is 12.1 Å². The van der Waals surface area contributed by atoms with E-state index in [2.05, 4.69) is 0 Å². The van der Waals surface area contributed by atoms with Crippen molar-refractivity contribution in [1.29, 1.82) is 0 Å². The lowest BCUT2D eigenvalue weighted by molar-refractivity contribution is 0.112. The quantitative estimate of drug-likeness (QED) is 0.457. The summed E-state index contributed by atoms with van der Waals surface area (Å²) in [5, 5.41) is 34.9. The zero-order valence-electron chi connectivity index (χ0n) is 9.32. The number of benzene rings is 2. The second kappa shape index (κ2) is 6.15. The van der Waals surface area contributed by atoms with Crippen LogP contribution in [0.5, 0.6) is 23.0 Å². The lowest BCUT2D eigenvalue weighted by atomic mass is 10.2. The highest BCUT2D eigenvalue weighted by Gasteiger charge is 1.97. The van der Waals surface area contributed by atoms with Gasteiger partial charge in [-0.05, 0) is 30.3 Å². The summed E-state index contributed by atoms with van der Waals surface area (Å²) in [5.74, 6) is -0.643. The second-order valence-electron chi connectivity index (χ2n) is 3.35. The molecule has 0 heterocycles. The molecule has 0 aliphatic carbocycles. The molecule has 0 aliphatic heterocycles. The van der Waals surface area contributed by atoms with Crippen LogP contribution in [0.15, 0.2) is 42.5 Å². The first-order valence-electron chi connectivity index (χ1n) is 4.98. The Labute approximate surface area is 103 Å². The molecule has 0 spiro atoms. The number of hydrogen-bond acceptors (Lipinski definition) is 5. The van der Waals surface area contributed by atoms with Gasteiger partial charge in [0.05, 0.1) is 0 Å². The van der Waals surface area contributed by atoms with Crippen LogP contribution in [0.1, 0.15) is 10.4 Å². The van der Waals surface area contributed by atoms with Gasteiger partial charge in [0, 0.05) is 5.56 Å². The lowest BCUT2D eigenvalue weighted by Crippen LogP contribution is -1.77. The van der Waals surface area contributed by atoms with Crippen molar-refractivity contribution in [3.05, 3.63) is 48.0 Å². The number of carbonyl (C=O) groups excluding carboxylic acids is 1. The van der Waals surface area contributed by atoms with E-state index in [-0.39, 0.29) is 23.0 Å². The summed E-state index contributed by atoms with van der Waals surface area (Å²) >= 11 is 0. The van der Waals surface area contributed by atoms with Crippen LogP contribution in [0.3, 0.4) is 0 Å². The van der Waals surface area contributed by atoms with E-state index in [9.17, 15) is 4.79 Å². The Morgan fingerprint density at radius 1 is 0.722 bits per heavy atom. The number of phenolic OH excluding ortho intramolecular Hbond substituents is 4. The minimum atomic E-state index is -0.274. The van der Waals surface area contributed by atoms with E-state index < -0.39 is 0 Å². The normalized spacial score (nSPS) is 9.11. The summed E-state index contributed by atoms with van der Waals surface area (Å²) in [4.78, 5) is 10.1. The Bertz CT molecular complexity index is 516. The van der Waals surface area contributed by atoms with Gasteiger partial charge in [-0.15, -0.1) is 0 Å². The number of aromatic hydroxyl groups is 4. The summed E-state index contributed by atoms with van der Waals surface area (Å²) in [6, 6.07) is 10.0. The van der Waals surface area contributed by atoms with Crippen molar-refractivity contribution in [3.63, 3.8) is 0 Å². The predicted octanol–water partition coefficient (Wildman–Crippen LogP) is 2.01. The molecule has 0 saturated heterocycles. The molecule has 2 aromatic carbocycles. The average Bonchev–Trinajstić information content (AvgIpc) is 2.37. The number of carbonyl (C=O) groups is 1. The Morgan fingerprint density at radius 2 is 1.22 bits per heavy atom.